The minimum absolute atomic E-state index is 0.275. The Balaban J connectivity index is 2.11. The number of aromatic nitrogens is 2. The lowest BCUT2D eigenvalue weighted by Gasteiger charge is -2.26. The van der Waals surface area contributed by atoms with Crippen LogP contribution in [0.1, 0.15) is 25.7 Å². The zero-order chi connectivity index (χ0) is 13.0. The Hall–Kier alpha value is -1.36. The molecule has 1 aromatic rings. The fourth-order valence-electron chi connectivity index (χ4n) is 2.48. The molecule has 2 heterocycles. The SMILES string of the molecule is CN(C)c1nccc(N2CCCC2CCCO)n1. The van der Waals surface area contributed by atoms with Crippen LogP contribution in [0.2, 0.25) is 0 Å². The van der Waals surface area contributed by atoms with Gasteiger partial charge in [-0.3, -0.25) is 0 Å². The van der Waals surface area contributed by atoms with E-state index in [-0.39, 0.29) is 6.61 Å². The largest absolute Gasteiger partial charge is 0.396 e. The summed E-state index contributed by atoms with van der Waals surface area (Å²) in [6.07, 6.45) is 6.13. The summed E-state index contributed by atoms with van der Waals surface area (Å²) in [7, 11) is 3.90. The summed E-state index contributed by atoms with van der Waals surface area (Å²) in [5.74, 6) is 1.76. The Labute approximate surface area is 108 Å². The van der Waals surface area contributed by atoms with Crippen LogP contribution < -0.4 is 9.80 Å². The van der Waals surface area contributed by atoms with E-state index >= 15 is 0 Å². The van der Waals surface area contributed by atoms with Gasteiger partial charge in [-0.2, -0.15) is 4.98 Å². The third kappa shape index (κ3) is 2.90. The van der Waals surface area contributed by atoms with E-state index in [4.69, 9.17) is 5.11 Å². The van der Waals surface area contributed by atoms with Crippen LogP contribution in [0.3, 0.4) is 0 Å². The molecule has 0 aromatic carbocycles. The monoisotopic (exact) mass is 250 g/mol. The average Bonchev–Trinajstić information content (AvgIpc) is 2.84. The smallest absolute Gasteiger partial charge is 0.226 e. The van der Waals surface area contributed by atoms with Crippen LogP contribution >= 0.6 is 0 Å². The molecule has 5 heteroatoms. The molecule has 1 unspecified atom stereocenters. The van der Waals surface area contributed by atoms with Gasteiger partial charge in [-0.25, -0.2) is 4.98 Å². The van der Waals surface area contributed by atoms with Crippen molar-refractivity contribution in [2.45, 2.75) is 31.7 Å². The third-order valence-electron chi connectivity index (χ3n) is 3.40. The van der Waals surface area contributed by atoms with E-state index in [1.165, 1.54) is 12.8 Å². The van der Waals surface area contributed by atoms with E-state index < -0.39 is 0 Å². The van der Waals surface area contributed by atoms with Gasteiger partial charge in [-0.15, -0.1) is 0 Å². The standard InChI is InChI=1S/C13H22N4O/c1-16(2)13-14-8-7-12(15-13)17-9-3-5-11(17)6-4-10-18/h7-8,11,18H,3-6,9-10H2,1-2H3. The molecule has 5 nitrogen and oxygen atoms in total. The molecular weight excluding hydrogens is 228 g/mol. The molecule has 2 rings (SSSR count). The zero-order valence-corrected chi connectivity index (χ0v) is 11.2. The normalized spacial score (nSPS) is 19.3. The van der Waals surface area contributed by atoms with Gasteiger partial charge >= 0.3 is 0 Å². The van der Waals surface area contributed by atoms with E-state index in [0.29, 0.717) is 6.04 Å². The Morgan fingerprint density at radius 3 is 3.06 bits per heavy atom. The first kappa shape index (κ1) is 13.1. The van der Waals surface area contributed by atoms with Crippen LogP contribution in [0.4, 0.5) is 11.8 Å². The van der Waals surface area contributed by atoms with E-state index in [0.717, 1.165) is 31.2 Å². The van der Waals surface area contributed by atoms with Gasteiger partial charge in [0.1, 0.15) is 5.82 Å². The summed E-state index contributed by atoms with van der Waals surface area (Å²) in [4.78, 5) is 13.1. The Morgan fingerprint density at radius 2 is 2.33 bits per heavy atom. The summed E-state index contributed by atoms with van der Waals surface area (Å²) >= 11 is 0. The molecule has 0 amide bonds. The molecule has 0 bridgehead atoms. The molecule has 18 heavy (non-hydrogen) atoms. The first-order valence-electron chi connectivity index (χ1n) is 6.60. The van der Waals surface area contributed by atoms with Gasteiger partial charge in [0.2, 0.25) is 5.95 Å². The van der Waals surface area contributed by atoms with Crippen molar-refractivity contribution in [2.24, 2.45) is 0 Å². The van der Waals surface area contributed by atoms with E-state index in [1.807, 2.05) is 31.3 Å². The predicted octanol–water partition coefficient (Wildman–Crippen LogP) is 1.28. The first-order valence-corrected chi connectivity index (χ1v) is 6.60. The second kappa shape index (κ2) is 6.00. The molecule has 0 aliphatic carbocycles. The highest BCUT2D eigenvalue weighted by Crippen LogP contribution is 2.27. The number of hydrogen-bond acceptors (Lipinski definition) is 5. The Morgan fingerprint density at radius 1 is 1.50 bits per heavy atom. The molecule has 1 fully saturated rings. The number of nitrogens with zero attached hydrogens (tertiary/aromatic N) is 4. The van der Waals surface area contributed by atoms with Crippen molar-refractivity contribution in [2.75, 3.05) is 37.0 Å². The van der Waals surface area contributed by atoms with Crippen molar-refractivity contribution < 1.29 is 5.11 Å². The number of anilines is 2. The zero-order valence-electron chi connectivity index (χ0n) is 11.2. The van der Waals surface area contributed by atoms with E-state index in [1.54, 1.807) is 0 Å². The molecule has 0 saturated carbocycles. The fraction of sp³-hybridized carbons (Fsp3) is 0.692. The predicted molar refractivity (Wildman–Crippen MR) is 73.0 cm³/mol. The lowest BCUT2D eigenvalue weighted by atomic mass is 10.1. The van der Waals surface area contributed by atoms with Crippen LogP contribution in [-0.2, 0) is 0 Å². The van der Waals surface area contributed by atoms with Crippen LogP contribution in [0.15, 0.2) is 12.3 Å². The highest BCUT2D eigenvalue weighted by molar-refractivity contribution is 5.44. The maximum absolute atomic E-state index is 8.95. The topological polar surface area (TPSA) is 52.5 Å². The molecule has 1 N–H and O–H groups in total. The minimum atomic E-state index is 0.275. The average molecular weight is 250 g/mol. The second-order valence-corrected chi connectivity index (χ2v) is 4.96. The maximum atomic E-state index is 8.95. The summed E-state index contributed by atoms with van der Waals surface area (Å²) < 4.78 is 0. The van der Waals surface area contributed by atoms with Crippen LogP contribution in [-0.4, -0.2) is 48.4 Å². The molecule has 1 aliphatic rings. The fourth-order valence-corrected chi connectivity index (χ4v) is 2.48. The Bertz CT molecular complexity index is 383. The van der Waals surface area contributed by atoms with E-state index in [9.17, 15) is 0 Å². The van der Waals surface area contributed by atoms with Crippen LogP contribution in [0, 0.1) is 0 Å². The molecule has 0 radical (unpaired) electrons. The summed E-state index contributed by atoms with van der Waals surface area (Å²) in [6, 6.07) is 2.49. The van der Waals surface area contributed by atoms with E-state index in [2.05, 4.69) is 14.9 Å². The first-order chi connectivity index (χ1) is 8.72. The molecule has 100 valence electrons. The van der Waals surface area contributed by atoms with Crippen LogP contribution in [0.25, 0.3) is 0 Å². The van der Waals surface area contributed by atoms with Gasteiger partial charge in [0, 0.05) is 39.5 Å². The summed E-state index contributed by atoms with van der Waals surface area (Å²) in [5, 5.41) is 8.95. The third-order valence-corrected chi connectivity index (χ3v) is 3.40. The van der Waals surface area contributed by atoms with Gasteiger partial charge in [0.25, 0.3) is 0 Å². The summed E-state index contributed by atoms with van der Waals surface area (Å²) in [6.45, 7) is 1.33. The van der Waals surface area contributed by atoms with Gasteiger partial charge in [0.15, 0.2) is 0 Å². The second-order valence-electron chi connectivity index (χ2n) is 4.96. The van der Waals surface area contributed by atoms with Crippen molar-refractivity contribution in [1.29, 1.82) is 0 Å². The van der Waals surface area contributed by atoms with Gasteiger partial charge in [0.05, 0.1) is 0 Å². The molecule has 1 saturated heterocycles. The van der Waals surface area contributed by atoms with Crippen LogP contribution in [0.5, 0.6) is 0 Å². The molecule has 0 spiro atoms. The maximum Gasteiger partial charge on any atom is 0.226 e. The highest BCUT2D eigenvalue weighted by atomic mass is 16.2. The number of rotatable bonds is 5. The molecular formula is C13H22N4O. The van der Waals surface area contributed by atoms with Gasteiger partial charge < -0.3 is 14.9 Å². The lowest BCUT2D eigenvalue weighted by Crippen LogP contribution is -2.30. The number of hydrogen-bond donors (Lipinski definition) is 1. The van der Waals surface area contributed by atoms with Gasteiger partial charge in [-0.1, -0.05) is 0 Å². The van der Waals surface area contributed by atoms with Crippen molar-refractivity contribution in [1.82, 2.24) is 9.97 Å². The number of aliphatic hydroxyl groups is 1. The van der Waals surface area contributed by atoms with Crippen molar-refractivity contribution in [3.8, 4) is 0 Å². The molecule has 1 aliphatic heterocycles. The minimum Gasteiger partial charge on any atom is -0.396 e. The van der Waals surface area contributed by atoms with Gasteiger partial charge in [-0.05, 0) is 31.7 Å². The molecule has 1 aromatic heterocycles. The van der Waals surface area contributed by atoms with Crippen molar-refractivity contribution >= 4 is 11.8 Å². The van der Waals surface area contributed by atoms with Crippen molar-refractivity contribution in [3.63, 3.8) is 0 Å². The highest BCUT2D eigenvalue weighted by Gasteiger charge is 2.25. The van der Waals surface area contributed by atoms with Crippen molar-refractivity contribution in [3.05, 3.63) is 12.3 Å². The Kier molecular flexibility index (Phi) is 4.36. The quantitative estimate of drug-likeness (QED) is 0.853. The lowest BCUT2D eigenvalue weighted by molar-refractivity contribution is 0.279. The molecule has 1 atom stereocenters. The summed E-state index contributed by atoms with van der Waals surface area (Å²) in [5.41, 5.74) is 0. The number of aliphatic hydroxyl groups excluding tert-OH is 1.